The number of rotatable bonds is 3. The van der Waals surface area contributed by atoms with Crippen LogP contribution in [-0.2, 0) is 0 Å². The van der Waals surface area contributed by atoms with E-state index in [2.05, 4.69) is 19.2 Å². The number of nitrogens with zero attached hydrogens (tertiary/aromatic N) is 1. The molecule has 2 unspecified atom stereocenters. The molecular formula is C25H25FN2O3. The van der Waals surface area contributed by atoms with Gasteiger partial charge in [-0.05, 0) is 74.4 Å². The summed E-state index contributed by atoms with van der Waals surface area (Å²) in [5.74, 6) is -1.74. The average molecular weight is 420 g/mol. The van der Waals surface area contributed by atoms with Crippen LogP contribution >= 0.6 is 0 Å². The quantitative estimate of drug-likeness (QED) is 0.612. The lowest BCUT2D eigenvalue weighted by atomic mass is 9.90. The van der Waals surface area contributed by atoms with Crippen molar-refractivity contribution in [2.24, 2.45) is 0 Å². The highest BCUT2D eigenvalue weighted by Crippen LogP contribution is 2.42. The Bertz CT molecular complexity index is 1340. The lowest BCUT2D eigenvalue weighted by Crippen LogP contribution is -2.21. The van der Waals surface area contributed by atoms with Crippen molar-refractivity contribution in [2.45, 2.75) is 58.7 Å². The maximum atomic E-state index is 15.8. The summed E-state index contributed by atoms with van der Waals surface area (Å²) in [5.41, 5.74) is 4.23. The van der Waals surface area contributed by atoms with Crippen LogP contribution in [-0.4, -0.2) is 15.6 Å². The molecule has 2 N–H and O–H groups in total. The number of aromatic carboxylic acids is 1. The minimum atomic E-state index is -1.28. The highest BCUT2D eigenvalue weighted by atomic mass is 19.1. The zero-order valence-electron chi connectivity index (χ0n) is 18.0. The number of nitrogens with one attached hydrogen (secondary N) is 1. The maximum absolute atomic E-state index is 15.8. The zero-order valence-corrected chi connectivity index (χ0v) is 18.0. The smallest absolute Gasteiger partial charge is 0.341 e. The van der Waals surface area contributed by atoms with Crippen LogP contribution in [0.25, 0.3) is 22.0 Å². The Hall–Kier alpha value is -2.99. The first kappa shape index (κ1) is 19.9. The second-order valence-corrected chi connectivity index (χ2v) is 8.93. The number of hydrogen-bond acceptors (Lipinski definition) is 3. The van der Waals surface area contributed by atoms with Crippen LogP contribution in [0.2, 0.25) is 0 Å². The summed E-state index contributed by atoms with van der Waals surface area (Å²) >= 11 is 0. The molecule has 3 aromatic rings. The van der Waals surface area contributed by atoms with E-state index in [0.29, 0.717) is 16.6 Å². The second kappa shape index (κ2) is 6.76. The normalized spacial score (nSPS) is 20.3. The summed E-state index contributed by atoms with van der Waals surface area (Å²) in [6, 6.07) is 6.60. The van der Waals surface area contributed by atoms with Gasteiger partial charge in [-0.1, -0.05) is 12.1 Å². The summed E-state index contributed by atoms with van der Waals surface area (Å²) < 4.78 is 17.6. The minimum absolute atomic E-state index is 0.141. The number of carboxylic acid groups (broad SMARTS) is 1. The molecule has 0 amide bonds. The summed E-state index contributed by atoms with van der Waals surface area (Å²) in [6.07, 6.45) is 3.28. The summed E-state index contributed by atoms with van der Waals surface area (Å²) in [6.45, 7) is 7.61. The van der Waals surface area contributed by atoms with E-state index >= 15 is 4.39 Å². The van der Waals surface area contributed by atoms with Gasteiger partial charge in [-0.2, -0.15) is 0 Å². The number of halogens is 1. The number of aryl methyl sites for hydroxylation is 2. The molecule has 160 valence electrons. The Balaban J connectivity index is 1.86. The molecule has 1 saturated carbocycles. The van der Waals surface area contributed by atoms with Gasteiger partial charge in [-0.3, -0.25) is 4.79 Å². The highest BCUT2D eigenvalue weighted by Gasteiger charge is 2.31. The standard InChI is InChI=1S/C25H25FN2O3/c1-11-21-23(28(16-6-7-16)10-19(24(21)29)25(30)31)12(2)20(22(11)26)15-5-8-17-13(3)27-14(4)18(17)9-15/h5,8-10,13-14,16,27H,6-7H2,1-4H3,(H,30,31). The molecule has 0 bridgehead atoms. The van der Waals surface area contributed by atoms with Crippen LogP contribution in [0.3, 0.4) is 0 Å². The zero-order chi connectivity index (χ0) is 22.2. The number of aromatic nitrogens is 1. The first-order chi connectivity index (χ1) is 14.7. The summed E-state index contributed by atoms with van der Waals surface area (Å²) in [7, 11) is 0. The Morgan fingerprint density at radius 2 is 1.81 bits per heavy atom. The topological polar surface area (TPSA) is 71.3 Å². The van der Waals surface area contributed by atoms with E-state index in [-0.39, 0.29) is 34.6 Å². The van der Waals surface area contributed by atoms with Crippen LogP contribution in [0.1, 0.15) is 77.4 Å². The molecule has 2 aromatic carbocycles. The van der Waals surface area contributed by atoms with Gasteiger partial charge in [0, 0.05) is 29.9 Å². The fourth-order valence-corrected chi connectivity index (χ4v) is 5.13. The molecule has 1 aliphatic heterocycles. The second-order valence-electron chi connectivity index (χ2n) is 8.93. The van der Waals surface area contributed by atoms with E-state index in [4.69, 9.17) is 0 Å². The van der Waals surface area contributed by atoms with E-state index < -0.39 is 17.2 Å². The number of carboxylic acids is 1. The molecule has 1 aromatic heterocycles. The van der Waals surface area contributed by atoms with Crippen LogP contribution in [0, 0.1) is 19.7 Å². The largest absolute Gasteiger partial charge is 0.477 e. The molecule has 2 heterocycles. The molecule has 31 heavy (non-hydrogen) atoms. The molecular weight excluding hydrogens is 395 g/mol. The van der Waals surface area contributed by atoms with Crippen molar-refractivity contribution in [2.75, 3.05) is 0 Å². The molecule has 0 saturated heterocycles. The van der Waals surface area contributed by atoms with E-state index in [1.54, 1.807) is 6.92 Å². The number of benzene rings is 2. The van der Waals surface area contributed by atoms with Crippen LogP contribution in [0.4, 0.5) is 4.39 Å². The van der Waals surface area contributed by atoms with Crippen molar-refractivity contribution in [1.29, 1.82) is 0 Å². The molecule has 1 aliphatic carbocycles. The summed E-state index contributed by atoms with van der Waals surface area (Å²) in [5, 5.41) is 13.2. The lowest BCUT2D eigenvalue weighted by Gasteiger charge is -2.20. The number of pyridine rings is 1. The van der Waals surface area contributed by atoms with Gasteiger partial charge >= 0.3 is 5.97 Å². The average Bonchev–Trinajstić information content (AvgIpc) is 3.52. The molecule has 2 atom stereocenters. The molecule has 6 heteroatoms. The van der Waals surface area contributed by atoms with Gasteiger partial charge in [0.2, 0.25) is 5.43 Å². The Labute approximate surface area is 179 Å². The van der Waals surface area contributed by atoms with Crippen LogP contribution in [0.5, 0.6) is 0 Å². The monoisotopic (exact) mass is 420 g/mol. The van der Waals surface area contributed by atoms with Gasteiger partial charge < -0.3 is 15.0 Å². The summed E-state index contributed by atoms with van der Waals surface area (Å²) in [4.78, 5) is 24.7. The maximum Gasteiger partial charge on any atom is 0.341 e. The predicted molar refractivity (Wildman–Crippen MR) is 118 cm³/mol. The third-order valence-electron chi connectivity index (χ3n) is 6.87. The van der Waals surface area contributed by atoms with Crippen LogP contribution in [0.15, 0.2) is 29.2 Å². The van der Waals surface area contributed by atoms with Gasteiger partial charge in [-0.25, -0.2) is 9.18 Å². The molecule has 5 rings (SSSR count). The molecule has 0 spiro atoms. The molecule has 0 radical (unpaired) electrons. The highest BCUT2D eigenvalue weighted by molar-refractivity contribution is 5.97. The first-order valence-electron chi connectivity index (χ1n) is 10.7. The Kier molecular flexibility index (Phi) is 4.35. The molecule has 1 fully saturated rings. The van der Waals surface area contributed by atoms with Gasteiger partial charge in [0.05, 0.1) is 10.9 Å². The van der Waals surface area contributed by atoms with Crippen molar-refractivity contribution >= 4 is 16.9 Å². The van der Waals surface area contributed by atoms with Crippen molar-refractivity contribution in [3.63, 3.8) is 0 Å². The van der Waals surface area contributed by atoms with Crippen molar-refractivity contribution in [3.8, 4) is 11.1 Å². The third-order valence-corrected chi connectivity index (χ3v) is 6.87. The molecule has 5 nitrogen and oxygen atoms in total. The first-order valence-corrected chi connectivity index (χ1v) is 10.7. The Morgan fingerprint density at radius 3 is 2.45 bits per heavy atom. The number of carbonyl (C=O) groups is 1. The van der Waals surface area contributed by atoms with Crippen molar-refractivity contribution in [1.82, 2.24) is 9.88 Å². The van der Waals surface area contributed by atoms with Gasteiger partial charge in [0.1, 0.15) is 11.4 Å². The SMILES string of the molecule is Cc1c(F)c(-c2ccc3c(c2)C(C)NC3C)c(C)c2c1c(=O)c(C(=O)O)cn2C1CC1. The third kappa shape index (κ3) is 2.85. The fourth-order valence-electron chi connectivity index (χ4n) is 5.13. The number of hydrogen-bond donors (Lipinski definition) is 2. The lowest BCUT2D eigenvalue weighted by molar-refractivity contribution is 0.0695. The number of fused-ring (bicyclic) bond motifs is 2. The van der Waals surface area contributed by atoms with Crippen molar-refractivity contribution in [3.05, 3.63) is 68.3 Å². The Morgan fingerprint density at radius 1 is 1.13 bits per heavy atom. The van der Waals surface area contributed by atoms with Gasteiger partial charge in [0.15, 0.2) is 0 Å². The van der Waals surface area contributed by atoms with Gasteiger partial charge in [0.25, 0.3) is 0 Å². The van der Waals surface area contributed by atoms with E-state index in [1.807, 2.05) is 29.7 Å². The van der Waals surface area contributed by atoms with Crippen LogP contribution < -0.4 is 10.7 Å². The predicted octanol–water partition coefficient (Wildman–Crippen LogP) is 5.18. The van der Waals surface area contributed by atoms with Crippen molar-refractivity contribution < 1.29 is 14.3 Å². The molecule has 2 aliphatic rings. The minimum Gasteiger partial charge on any atom is -0.477 e. The van der Waals surface area contributed by atoms with Gasteiger partial charge in [-0.15, -0.1) is 0 Å². The van der Waals surface area contributed by atoms with E-state index in [0.717, 1.165) is 24.0 Å². The van der Waals surface area contributed by atoms with E-state index in [9.17, 15) is 14.7 Å². The fraction of sp³-hybridized carbons (Fsp3) is 0.360. The van der Waals surface area contributed by atoms with E-state index in [1.165, 1.54) is 11.8 Å².